The van der Waals surface area contributed by atoms with Crippen molar-refractivity contribution in [2.45, 2.75) is 84.0 Å². The van der Waals surface area contributed by atoms with Crippen LogP contribution in [0.2, 0.25) is 0 Å². The zero-order valence-electron chi connectivity index (χ0n) is 18.5. The van der Waals surface area contributed by atoms with Crippen LogP contribution in [0.4, 0.5) is 0 Å². The Kier molecular flexibility index (Phi) is 29.5. The minimum Gasteiger partial charge on any atom is -0.478 e. The van der Waals surface area contributed by atoms with Gasteiger partial charge < -0.3 is 20.6 Å². The van der Waals surface area contributed by atoms with Crippen LogP contribution in [0.25, 0.3) is 0 Å². The Balaban J connectivity index is 0. The molecular formula is C24H45NO4. The van der Waals surface area contributed by atoms with E-state index in [4.69, 9.17) is 15.3 Å². The van der Waals surface area contributed by atoms with E-state index < -0.39 is 5.97 Å². The maximum absolute atomic E-state index is 10.2. The summed E-state index contributed by atoms with van der Waals surface area (Å²) >= 11 is 0. The lowest BCUT2D eigenvalue weighted by Gasteiger charge is -2.01. The lowest BCUT2D eigenvalue weighted by Crippen LogP contribution is -2.21. The van der Waals surface area contributed by atoms with Crippen molar-refractivity contribution in [3.8, 4) is 0 Å². The van der Waals surface area contributed by atoms with Crippen LogP contribution in [-0.2, 0) is 4.79 Å². The molecule has 0 aliphatic rings. The number of hydrogen-bond donors (Lipinski definition) is 4. The quantitative estimate of drug-likeness (QED) is 0.136. The normalized spacial score (nSPS) is 11.4. The Labute approximate surface area is 178 Å². The van der Waals surface area contributed by atoms with Crippen molar-refractivity contribution in [2.75, 3.05) is 26.3 Å². The molecule has 0 radical (unpaired) electrons. The molecule has 29 heavy (non-hydrogen) atoms. The van der Waals surface area contributed by atoms with Crippen molar-refractivity contribution in [3.63, 3.8) is 0 Å². The van der Waals surface area contributed by atoms with Gasteiger partial charge in [-0.3, -0.25) is 0 Å². The van der Waals surface area contributed by atoms with Crippen LogP contribution in [0.5, 0.6) is 0 Å². The van der Waals surface area contributed by atoms with Gasteiger partial charge in [0.15, 0.2) is 0 Å². The number of aliphatic hydroxyl groups excluding tert-OH is 2. The lowest BCUT2D eigenvalue weighted by molar-refractivity contribution is -0.131. The SMILES string of the molecule is CCCCCCCCCCCCCC=CC=CC=CC(=O)O.OCCNCCO. The molecule has 0 aromatic heterocycles. The molecule has 0 rings (SSSR count). The highest BCUT2D eigenvalue weighted by Crippen LogP contribution is 2.11. The highest BCUT2D eigenvalue weighted by molar-refractivity contribution is 5.80. The number of carboxylic acid groups (broad SMARTS) is 1. The van der Waals surface area contributed by atoms with Gasteiger partial charge in [0.1, 0.15) is 0 Å². The number of aliphatic hydroxyl groups is 2. The van der Waals surface area contributed by atoms with Crippen LogP contribution in [0.15, 0.2) is 36.5 Å². The highest BCUT2D eigenvalue weighted by Gasteiger charge is 1.92. The van der Waals surface area contributed by atoms with E-state index >= 15 is 0 Å². The minimum absolute atomic E-state index is 0.139. The van der Waals surface area contributed by atoms with Crippen LogP contribution in [0, 0.1) is 0 Å². The summed E-state index contributed by atoms with van der Waals surface area (Å²) in [5, 5.41) is 27.5. The van der Waals surface area contributed by atoms with Crippen molar-refractivity contribution < 1.29 is 20.1 Å². The third-order valence-corrected chi connectivity index (χ3v) is 4.26. The number of rotatable bonds is 19. The Morgan fingerprint density at radius 3 is 1.69 bits per heavy atom. The van der Waals surface area contributed by atoms with Gasteiger partial charge in [0.25, 0.3) is 0 Å². The molecule has 0 saturated heterocycles. The van der Waals surface area contributed by atoms with E-state index in [2.05, 4.69) is 18.3 Å². The molecule has 0 atom stereocenters. The Hall–Kier alpha value is -1.43. The summed E-state index contributed by atoms with van der Waals surface area (Å²) < 4.78 is 0. The minimum atomic E-state index is -0.908. The average Bonchev–Trinajstić information content (AvgIpc) is 2.71. The fourth-order valence-electron chi connectivity index (χ4n) is 2.65. The fraction of sp³-hybridized carbons (Fsp3) is 0.708. The second-order valence-electron chi connectivity index (χ2n) is 7.03. The van der Waals surface area contributed by atoms with E-state index in [0.29, 0.717) is 13.1 Å². The van der Waals surface area contributed by atoms with Crippen LogP contribution < -0.4 is 5.32 Å². The molecule has 0 aliphatic carbocycles. The third kappa shape index (κ3) is 34.5. The van der Waals surface area contributed by atoms with E-state index in [1.54, 1.807) is 6.08 Å². The van der Waals surface area contributed by atoms with E-state index in [1.165, 1.54) is 76.7 Å². The molecule has 0 bridgehead atoms. The number of allylic oxidation sites excluding steroid dienone is 5. The van der Waals surface area contributed by atoms with Crippen LogP contribution in [0.1, 0.15) is 84.0 Å². The molecule has 0 spiro atoms. The first-order chi connectivity index (χ1) is 14.2. The van der Waals surface area contributed by atoms with Crippen molar-refractivity contribution in [2.24, 2.45) is 0 Å². The third-order valence-electron chi connectivity index (χ3n) is 4.26. The van der Waals surface area contributed by atoms with Gasteiger partial charge in [-0.05, 0) is 12.8 Å². The van der Waals surface area contributed by atoms with E-state index in [-0.39, 0.29) is 13.2 Å². The summed E-state index contributed by atoms with van der Waals surface area (Å²) in [5.41, 5.74) is 0. The maximum atomic E-state index is 10.2. The fourth-order valence-corrected chi connectivity index (χ4v) is 2.65. The van der Waals surface area contributed by atoms with Gasteiger partial charge in [-0.1, -0.05) is 102 Å². The predicted molar refractivity (Wildman–Crippen MR) is 123 cm³/mol. The van der Waals surface area contributed by atoms with Gasteiger partial charge in [0.05, 0.1) is 13.2 Å². The molecule has 0 unspecified atom stereocenters. The number of carbonyl (C=O) groups is 1. The highest BCUT2D eigenvalue weighted by atomic mass is 16.4. The molecule has 0 aromatic carbocycles. The second-order valence-corrected chi connectivity index (χ2v) is 7.03. The summed E-state index contributed by atoms with van der Waals surface area (Å²) in [6.07, 6.45) is 26.7. The molecule has 170 valence electrons. The first kappa shape index (κ1) is 29.8. The number of aliphatic carboxylic acids is 1. The molecule has 4 N–H and O–H groups in total. The molecular weight excluding hydrogens is 366 g/mol. The molecule has 5 nitrogen and oxygen atoms in total. The summed E-state index contributed by atoms with van der Waals surface area (Å²) in [6.45, 7) is 3.68. The first-order valence-electron chi connectivity index (χ1n) is 11.3. The van der Waals surface area contributed by atoms with E-state index in [0.717, 1.165) is 12.5 Å². The maximum Gasteiger partial charge on any atom is 0.328 e. The zero-order valence-corrected chi connectivity index (χ0v) is 18.5. The largest absolute Gasteiger partial charge is 0.478 e. The van der Waals surface area contributed by atoms with Gasteiger partial charge in [-0.25, -0.2) is 4.79 Å². The Morgan fingerprint density at radius 1 is 0.724 bits per heavy atom. The second kappa shape index (κ2) is 28.8. The summed E-state index contributed by atoms with van der Waals surface area (Å²) in [6, 6.07) is 0. The lowest BCUT2D eigenvalue weighted by atomic mass is 10.1. The first-order valence-corrected chi connectivity index (χ1v) is 11.3. The predicted octanol–water partition coefficient (Wildman–Crippen LogP) is 5.00. The van der Waals surface area contributed by atoms with Crippen LogP contribution >= 0.6 is 0 Å². The van der Waals surface area contributed by atoms with Gasteiger partial charge in [-0.2, -0.15) is 0 Å². The molecule has 0 aliphatic heterocycles. The number of carboxylic acids is 1. The van der Waals surface area contributed by atoms with Crippen LogP contribution in [-0.4, -0.2) is 47.6 Å². The zero-order chi connectivity index (χ0) is 21.8. The number of unbranched alkanes of at least 4 members (excludes halogenated alkanes) is 11. The molecule has 0 aromatic rings. The van der Waals surface area contributed by atoms with Gasteiger partial charge in [-0.15, -0.1) is 0 Å². The van der Waals surface area contributed by atoms with Crippen molar-refractivity contribution in [1.82, 2.24) is 5.32 Å². The van der Waals surface area contributed by atoms with Crippen molar-refractivity contribution in [1.29, 1.82) is 0 Å². The average molecular weight is 412 g/mol. The Bertz CT molecular complexity index is 402. The van der Waals surface area contributed by atoms with E-state index in [9.17, 15) is 4.79 Å². The molecule has 5 heteroatoms. The topological polar surface area (TPSA) is 89.8 Å². The Morgan fingerprint density at radius 2 is 1.21 bits per heavy atom. The number of nitrogens with one attached hydrogen (secondary N) is 1. The van der Waals surface area contributed by atoms with Gasteiger partial charge in [0, 0.05) is 19.2 Å². The monoisotopic (exact) mass is 411 g/mol. The van der Waals surface area contributed by atoms with Crippen LogP contribution in [0.3, 0.4) is 0 Å². The van der Waals surface area contributed by atoms with E-state index in [1.807, 2.05) is 12.2 Å². The van der Waals surface area contributed by atoms with Gasteiger partial charge >= 0.3 is 5.97 Å². The molecule has 0 amide bonds. The summed E-state index contributed by atoms with van der Waals surface area (Å²) in [7, 11) is 0. The van der Waals surface area contributed by atoms with Crippen molar-refractivity contribution >= 4 is 5.97 Å². The molecule has 0 heterocycles. The molecule has 0 fully saturated rings. The smallest absolute Gasteiger partial charge is 0.328 e. The number of hydrogen-bond acceptors (Lipinski definition) is 4. The van der Waals surface area contributed by atoms with Gasteiger partial charge in [0.2, 0.25) is 0 Å². The molecule has 0 saturated carbocycles. The summed E-state index contributed by atoms with van der Waals surface area (Å²) in [4.78, 5) is 10.2. The standard InChI is InChI=1S/C20H34O2.C4H11NO2/c1-2-3-4-5-6-7-8-9-10-11-12-13-14-15-16-17-18-19-20(21)22;6-3-1-5-2-4-7/h14-19H,2-13H2,1H3,(H,21,22);5-7H,1-4H2. The summed E-state index contributed by atoms with van der Waals surface area (Å²) in [5.74, 6) is -0.908. The van der Waals surface area contributed by atoms with Crippen molar-refractivity contribution in [3.05, 3.63) is 36.5 Å².